The Morgan fingerprint density at radius 1 is 0.625 bits per heavy atom. The van der Waals surface area contributed by atoms with Gasteiger partial charge in [0.05, 0.1) is 21.8 Å². The van der Waals surface area contributed by atoms with Crippen molar-refractivity contribution in [1.29, 1.82) is 0 Å². The molecule has 0 saturated carbocycles. The number of imidazole rings is 2. The molecule has 1 spiro atoms. The van der Waals surface area contributed by atoms with Crippen LogP contribution >= 0.6 is 0 Å². The average Bonchev–Trinajstić information content (AvgIpc) is 3.76. The van der Waals surface area contributed by atoms with Crippen LogP contribution in [0.3, 0.4) is 0 Å². The van der Waals surface area contributed by atoms with Crippen LogP contribution in [-0.4, -0.2) is 18.8 Å². The van der Waals surface area contributed by atoms with Gasteiger partial charge in [0, 0.05) is 16.2 Å². The molecule has 40 heavy (non-hydrogen) atoms. The quantitative estimate of drug-likeness (QED) is 0.156. The van der Waals surface area contributed by atoms with Gasteiger partial charge < -0.3 is 4.74 Å². The molecule has 5 aromatic heterocycles. The van der Waals surface area contributed by atoms with E-state index in [2.05, 4.69) is 91.3 Å². The molecule has 0 saturated heterocycles. The maximum Gasteiger partial charge on any atom is 0.315 e. The first-order valence-corrected chi connectivity index (χ1v) is 13.5. The largest absolute Gasteiger partial charge is 0.456 e. The summed E-state index contributed by atoms with van der Waals surface area (Å²) in [6, 6.07) is 25.5. The first-order valence-electron chi connectivity index (χ1n) is 13.5. The predicted molar refractivity (Wildman–Crippen MR) is 150 cm³/mol. The van der Waals surface area contributed by atoms with Gasteiger partial charge in [-0.1, -0.05) is 30.3 Å². The number of aromatic nitrogens is 6. The van der Waals surface area contributed by atoms with Crippen LogP contribution in [-0.2, 0) is 5.66 Å². The number of hydrogen-bond acceptors (Lipinski definition) is 3. The van der Waals surface area contributed by atoms with Crippen molar-refractivity contribution in [3.63, 3.8) is 0 Å². The highest BCUT2D eigenvalue weighted by Crippen LogP contribution is 2.57. The molecule has 1 atom stereocenters. The fourth-order valence-corrected chi connectivity index (χ4v) is 8.16. The van der Waals surface area contributed by atoms with Crippen LogP contribution in [0.5, 0.6) is 11.5 Å². The number of fused-ring (bicyclic) bond motifs is 7. The summed E-state index contributed by atoms with van der Waals surface area (Å²) in [5.74, 6) is 1.80. The third-order valence-corrected chi connectivity index (χ3v) is 9.53. The molecule has 7 nitrogen and oxygen atoms in total. The van der Waals surface area contributed by atoms with Gasteiger partial charge >= 0.3 is 11.3 Å². The molecule has 9 aromatic rings. The van der Waals surface area contributed by atoms with E-state index in [-0.39, 0.29) is 0 Å². The minimum atomic E-state index is -0.607. The lowest BCUT2D eigenvalue weighted by atomic mass is 9.85. The van der Waals surface area contributed by atoms with Crippen LogP contribution in [0.4, 0.5) is 0 Å². The summed E-state index contributed by atoms with van der Waals surface area (Å²) in [5, 5.41) is 6.00. The number of pyridine rings is 2. The Kier molecular flexibility index (Phi) is 2.60. The highest BCUT2D eigenvalue weighted by molar-refractivity contribution is 6.17. The third-order valence-electron chi connectivity index (χ3n) is 9.53. The Morgan fingerprint density at radius 2 is 1.27 bits per heavy atom. The zero-order valence-electron chi connectivity index (χ0n) is 20.8. The van der Waals surface area contributed by atoms with Gasteiger partial charge in [0.2, 0.25) is 0 Å². The van der Waals surface area contributed by atoms with Gasteiger partial charge in [-0.05, 0) is 42.5 Å². The van der Waals surface area contributed by atoms with E-state index in [0.717, 1.165) is 44.7 Å². The second-order valence-corrected chi connectivity index (χ2v) is 11.1. The summed E-state index contributed by atoms with van der Waals surface area (Å²) in [6.07, 6.45) is 8.81. The summed E-state index contributed by atoms with van der Waals surface area (Å²) in [4.78, 5) is 10.3. The summed E-state index contributed by atoms with van der Waals surface area (Å²) in [7, 11) is 0. The van der Waals surface area contributed by atoms with Crippen molar-refractivity contribution in [3.8, 4) is 11.5 Å². The number of hydrogen-bond donors (Lipinski definition) is 0. The van der Waals surface area contributed by atoms with E-state index in [1.807, 2.05) is 24.3 Å². The second-order valence-electron chi connectivity index (χ2n) is 11.1. The predicted octanol–water partition coefficient (Wildman–Crippen LogP) is 5.35. The molecule has 7 heteroatoms. The van der Waals surface area contributed by atoms with Crippen molar-refractivity contribution in [3.05, 3.63) is 109 Å². The SMILES string of the molecule is c1ccc2nc3c(nc2c1)c1ccc2c4c1c1n3cc[n+]1C41c3c(ccc4c5ccccc5n5cc[n+]1c5c34)O2. The van der Waals surface area contributed by atoms with E-state index >= 15 is 0 Å². The smallest absolute Gasteiger partial charge is 0.315 e. The van der Waals surface area contributed by atoms with Crippen molar-refractivity contribution >= 4 is 65.9 Å². The van der Waals surface area contributed by atoms with E-state index in [9.17, 15) is 0 Å². The number of benzene rings is 4. The van der Waals surface area contributed by atoms with Gasteiger partial charge in [-0.25, -0.2) is 9.97 Å². The van der Waals surface area contributed by atoms with E-state index < -0.39 is 5.66 Å². The van der Waals surface area contributed by atoms with Gasteiger partial charge in [0.1, 0.15) is 58.4 Å². The zero-order chi connectivity index (χ0) is 25.5. The van der Waals surface area contributed by atoms with Gasteiger partial charge in [0.15, 0.2) is 0 Å². The second kappa shape index (κ2) is 5.58. The van der Waals surface area contributed by atoms with Gasteiger partial charge in [-0.15, -0.1) is 0 Å². The van der Waals surface area contributed by atoms with Crippen LogP contribution in [0, 0.1) is 0 Å². The molecule has 0 amide bonds. The highest BCUT2D eigenvalue weighted by Gasteiger charge is 2.65. The summed E-state index contributed by atoms with van der Waals surface area (Å²) >= 11 is 0. The lowest BCUT2D eigenvalue weighted by molar-refractivity contribution is -0.944. The molecule has 0 N–H and O–H groups in total. The standard InChI is InChI=1S/C33H16N6O/c1-4-8-22-17(5-1)18-9-11-23-27-25(18)31-36(22)13-15-38(31)33(27)28-24(40-23)12-10-19-26(28)32-37(14-16-39(32)33)30-29(19)34-20-6-2-3-7-21(20)35-30/h1-16H/q+2. The fraction of sp³-hybridized carbons (Fsp3) is 0.0303. The lowest BCUT2D eigenvalue weighted by Gasteiger charge is -2.30. The third kappa shape index (κ3) is 1.63. The maximum atomic E-state index is 6.76. The van der Waals surface area contributed by atoms with Crippen LogP contribution in [0.15, 0.2) is 97.6 Å². The molecular weight excluding hydrogens is 496 g/mol. The maximum absolute atomic E-state index is 6.76. The molecule has 0 bridgehead atoms. The fourth-order valence-electron chi connectivity index (χ4n) is 8.16. The Morgan fingerprint density at radius 3 is 2.10 bits per heavy atom. The Balaban J connectivity index is 1.38. The van der Waals surface area contributed by atoms with Crippen LogP contribution in [0.1, 0.15) is 11.1 Å². The molecular formula is C33H16N6O+2. The number of para-hydroxylation sites is 3. The lowest BCUT2D eigenvalue weighted by Crippen LogP contribution is -2.71. The van der Waals surface area contributed by atoms with Gasteiger partial charge in [0.25, 0.3) is 11.3 Å². The highest BCUT2D eigenvalue weighted by atomic mass is 16.5. The normalized spacial score (nSPS) is 17.8. The van der Waals surface area contributed by atoms with Crippen LogP contribution in [0.2, 0.25) is 0 Å². The zero-order valence-corrected chi connectivity index (χ0v) is 20.8. The Labute approximate surface area is 224 Å². The molecule has 3 aliphatic rings. The molecule has 0 fully saturated rings. The Bertz CT molecular complexity index is 2750. The molecule has 4 aromatic carbocycles. The van der Waals surface area contributed by atoms with Crippen molar-refractivity contribution < 1.29 is 13.9 Å². The molecule has 1 unspecified atom stereocenters. The monoisotopic (exact) mass is 512 g/mol. The van der Waals surface area contributed by atoms with Crippen molar-refractivity contribution in [2.75, 3.05) is 0 Å². The molecule has 182 valence electrons. The number of rotatable bonds is 0. The first-order chi connectivity index (χ1) is 19.8. The van der Waals surface area contributed by atoms with E-state index in [4.69, 9.17) is 14.7 Å². The minimum absolute atomic E-state index is 0.607. The van der Waals surface area contributed by atoms with Gasteiger partial charge in [-0.3, -0.25) is 0 Å². The molecule has 0 radical (unpaired) electrons. The summed E-state index contributed by atoms with van der Waals surface area (Å²) < 4.78 is 16.2. The van der Waals surface area contributed by atoms with E-state index in [1.54, 1.807) is 0 Å². The van der Waals surface area contributed by atoms with Crippen LogP contribution in [0.25, 0.3) is 65.9 Å². The van der Waals surface area contributed by atoms with E-state index in [0.29, 0.717) is 0 Å². The van der Waals surface area contributed by atoms with E-state index in [1.165, 1.54) is 43.8 Å². The molecule has 0 aliphatic carbocycles. The topological polar surface area (TPSA) is 51.6 Å². The molecule has 12 rings (SSSR count). The average molecular weight is 513 g/mol. The van der Waals surface area contributed by atoms with Crippen LogP contribution < -0.4 is 13.9 Å². The summed E-state index contributed by atoms with van der Waals surface area (Å²) in [6.45, 7) is 0. The van der Waals surface area contributed by atoms with Crippen molar-refractivity contribution in [1.82, 2.24) is 18.8 Å². The van der Waals surface area contributed by atoms with Crippen molar-refractivity contribution in [2.45, 2.75) is 5.66 Å². The number of ether oxygens (including phenoxy) is 1. The minimum Gasteiger partial charge on any atom is -0.456 e. The van der Waals surface area contributed by atoms with Crippen molar-refractivity contribution in [2.24, 2.45) is 0 Å². The summed E-state index contributed by atoms with van der Waals surface area (Å²) in [5.41, 5.74) is 8.83. The first kappa shape index (κ1) is 18.7. The van der Waals surface area contributed by atoms with Gasteiger partial charge in [-0.2, -0.15) is 17.9 Å². The molecule has 8 heterocycles. The number of nitrogens with zero attached hydrogens (tertiary/aromatic N) is 6. The molecule has 3 aliphatic heterocycles. The Hall–Kier alpha value is -5.56.